The number of para-hydroxylation sites is 2. The van der Waals surface area contributed by atoms with Crippen molar-refractivity contribution >= 4 is 136 Å². The Morgan fingerprint density at radius 1 is 0.402 bits per heavy atom. The van der Waals surface area contributed by atoms with E-state index in [1.54, 1.807) is 88.4 Å². The molecule has 117 heavy (non-hydrogen) atoms. The average molecular weight is 1690 g/mol. The standard InChI is InChI=1S/C77H121N17O21S2/c1-44(2)36-49(81)66(103)84-50(24-13-16-32-78)67(104)85-52(29-31-64(99)100)69(106)92-59(41-117-43-62(96)83-48-22-11-8-12-23-48)74(111)93-58(40-116-42-61(95)82-47-20-9-7-10-21-47)73(110)90-57(39-65(101)102)72(109)87-53(25-14-17-33-79)76(113)94-35-19-27-60(94)75(112)91-56(38-46(5)6)71(108)89-55(37-45(3)4)70(107)86-51(28-30-63(97)98)68(105)88-54(77(114)115)26-15-18-34-80/h7-12,20-23,44-46,49-60H,13-19,24-43,78-81H2,1-6H3,(H,82,95)(H,83,96)(H,84,103)(H,85,104)(H,86,107)(H,87,109)(H,88,105)(H,89,108)(H,90,110)(H,91,112)(H,92,106)(H,93,111)(H,97,98)(H,99,100)(H,101,102)(H,114,115)/t49-,50-,51-,52-,53-,54-,55-,56-,57-,58-,59-,60-/m0/s1. The molecule has 12 atom stereocenters. The summed E-state index contributed by atoms with van der Waals surface area (Å²) in [5.74, 6) is -20.1. The van der Waals surface area contributed by atoms with Crippen LogP contribution in [-0.2, 0) is 81.5 Å². The van der Waals surface area contributed by atoms with Gasteiger partial charge in [0.1, 0.15) is 66.5 Å². The number of hydrogen-bond acceptors (Lipinski definition) is 23. The summed E-state index contributed by atoms with van der Waals surface area (Å²) in [5.41, 5.74) is 24.1. The SMILES string of the molecule is CC(C)C[C@H](NC(=O)[C@H](CC(C)C)NC(=O)[C@@H]1CCCN1C(=O)[C@H](CCCCN)NC(=O)[C@H](CC(=O)O)NC(=O)[C@H](CSCC(=O)Nc1ccccc1)NC(=O)[C@H](CSCC(=O)Nc1ccccc1)NC(=O)[C@H](CCC(=O)O)NC(=O)[C@H](CCCCN)NC(=O)[C@@H](N)CC(C)C)C(=O)N[C@@H](CCC(=O)O)C(=O)N[C@@H](CCCCN)C(=O)O. The van der Waals surface area contributed by atoms with Crippen LogP contribution in [0.4, 0.5) is 11.4 Å². The predicted octanol–water partition coefficient (Wildman–Crippen LogP) is -0.289. The van der Waals surface area contributed by atoms with E-state index in [-0.39, 0.29) is 113 Å². The van der Waals surface area contributed by atoms with Gasteiger partial charge >= 0.3 is 23.9 Å². The number of nitrogens with one attached hydrogen (secondary N) is 12. The molecule has 38 nitrogen and oxygen atoms in total. The molecule has 0 unspecified atom stereocenters. The number of rotatable bonds is 58. The Balaban J connectivity index is 2.07. The molecule has 1 saturated heterocycles. The number of aliphatic carboxylic acids is 4. The Labute approximate surface area is 689 Å². The van der Waals surface area contributed by atoms with Crippen molar-refractivity contribution in [3.05, 3.63) is 60.7 Å². The first kappa shape index (κ1) is 101. The summed E-state index contributed by atoms with van der Waals surface area (Å²) in [6.45, 7) is 11.1. The predicted molar refractivity (Wildman–Crippen MR) is 438 cm³/mol. The van der Waals surface area contributed by atoms with E-state index in [9.17, 15) is 97.1 Å². The minimum atomic E-state index is -2.06. The number of carboxylic acids is 4. The van der Waals surface area contributed by atoms with Crippen LogP contribution in [0.25, 0.3) is 0 Å². The highest BCUT2D eigenvalue weighted by Crippen LogP contribution is 2.23. The van der Waals surface area contributed by atoms with E-state index in [2.05, 4.69) is 63.8 Å². The van der Waals surface area contributed by atoms with Gasteiger partial charge in [0.05, 0.1) is 24.0 Å². The van der Waals surface area contributed by atoms with Gasteiger partial charge in [-0.05, 0) is 164 Å². The third kappa shape index (κ3) is 40.1. The number of thioether (sulfide) groups is 2. The highest BCUT2D eigenvalue weighted by Gasteiger charge is 2.42. The van der Waals surface area contributed by atoms with Crippen LogP contribution < -0.4 is 86.7 Å². The monoisotopic (exact) mass is 1680 g/mol. The topological polar surface area (TPSA) is 623 Å². The number of carbonyl (C=O) groups excluding carboxylic acids is 13. The molecule has 0 aliphatic carbocycles. The summed E-state index contributed by atoms with van der Waals surface area (Å²) in [6.07, 6.45) is -1.30. The third-order valence-electron chi connectivity index (χ3n) is 18.3. The smallest absolute Gasteiger partial charge is 0.326 e. The number of nitrogens with zero attached hydrogens (tertiary/aromatic N) is 1. The average Bonchev–Trinajstić information content (AvgIpc) is 1.72. The highest BCUT2D eigenvalue weighted by atomic mass is 32.2. The summed E-state index contributed by atoms with van der Waals surface area (Å²) in [5, 5.41) is 70.2. The Bertz CT molecular complexity index is 3610. The number of amides is 13. The minimum Gasteiger partial charge on any atom is -0.481 e. The summed E-state index contributed by atoms with van der Waals surface area (Å²) in [6, 6.07) is -1.89. The van der Waals surface area contributed by atoms with Gasteiger partial charge in [-0.2, -0.15) is 0 Å². The fraction of sp³-hybridized carbons (Fsp3) is 0.623. The number of hydrogen-bond donors (Lipinski definition) is 20. The molecule has 0 bridgehead atoms. The van der Waals surface area contributed by atoms with Gasteiger partial charge in [-0.3, -0.25) is 76.7 Å². The number of carboxylic acid groups (broad SMARTS) is 4. The molecule has 0 aromatic heterocycles. The maximum absolute atomic E-state index is 15.0. The van der Waals surface area contributed by atoms with Crippen molar-refractivity contribution in [2.45, 2.75) is 236 Å². The van der Waals surface area contributed by atoms with Gasteiger partial charge in [0.15, 0.2) is 0 Å². The van der Waals surface area contributed by atoms with Crippen molar-refractivity contribution in [1.29, 1.82) is 0 Å². The van der Waals surface area contributed by atoms with Crippen LogP contribution in [-0.4, -0.2) is 248 Å². The van der Waals surface area contributed by atoms with E-state index in [1.165, 1.54) is 0 Å². The first-order valence-corrected chi connectivity index (χ1v) is 41.7. The second-order valence-electron chi connectivity index (χ2n) is 29.8. The molecule has 1 heterocycles. The van der Waals surface area contributed by atoms with Crippen molar-refractivity contribution in [3.63, 3.8) is 0 Å². The molecule has 24 N–H and O–H groups in total. The van der Waals surface area contributed by atoms with Crippen LogP contribution in [0.3, 0.4) is 0 Å². The van der Waals surface area contributed by atoms with Crippen LogP contribution in [0, 0.1) is 17.8 Å². The molecule has 40 heteroatoms. The molecule has 1 aliphatic heterocycles. The van der Waals surface area contributed by atoms with Crippen LogP contribution in [0.2, 0.25) is 0 Å². The highest BCUT2D eigenvalue weighted by molar-refractivity contribution is 8.00. The molecule has 2 aromatic rings. The zero-order valence-electron chi connectivity index (χ0n) is 67.3. The number of benzene rings is 2. The lowest BCUT2D eigenvalue weighted by atomic mass is 9.99. The molecule has 0 spiro atoms. The molecule has 1 fully saturated rings. The van der Waals surface area contributed by atoms with Crippen molar-refractivity contribution in [2.24, 2.45) is 40.7 Å². The van der Waals surface area contributed by atoms with Gasteiger partial charge < -0.3 is 112 Å². The van der Waals surface area contributed by atoms with Crippen molar-refractivity contribution < 1.29 is 102 Å². The first-order chi connectivity index (χ1) is 55.5. The third-order valence-corrected chi connectivity index (χ3v) is 20.3. The Morgan fingerprint density at radius 3 is 1.15 bits per heavy atom. The molecular formula is C77H121N17O21S2. The van der Waals surface area contributed by atoms with Gasteiger partial charge in [0.2, 0.25) is 76.8 Å². The van der Waals surface area contributed by atoms with Crippen molar-refractivity contribution in [2.75, 3.05) is 59.8 Å². The van der Waals surface area contributed by atoms with Gasteiger partial charge in [0.25, 0.3) is 0 Å². The van der Waals surface area contributed by atoms with Crippen molar-refractivity contribution in [3.8, 4) is 0 Å². The Hall–Kier alpha value is -10.0. The lowest BCUT2D eigenvalue weighted by molar-refractivity contribution is -0.144. The van der Waals surface area contributed by atoms with Gasteiger partial charge in [0, 0.05) is 42.3 Å². The zero-order chi connectivity index (χ0) is 87.3. The Kier molecular flexibility index (Phi) is 47.4. The largest absolute Gasteiger partial charge is 0.481 e. The summed E-state index contributed by atoms with van der Waals surface area (Å²) in [7, 11) is 0. The maximum Gasteiger partial charge on any atom is 0.326 e. The molecule has 2 aromatic carbocycles. The molecule has 0 saturated carbocycles. The fourth-order valence-electron chi connectivity index (χ4n) is 12.3. The summed E-state index contributed by atoms with van der Waals surface area (Å²) >= 11 is 1.60. The summed E-state index contributed by atoms with van der Waals surface area (Å²) < 4.78 is 0. The number of carbonyl (C=O) groups is 17. The Morgan fingerprint density at radius 2 is 0.744 bits per heavy atom. The molecule has 0 radical (unpaired) electrons. The number of likely N-dealkylation sites (tertiary alicyclic amines) is 1. The van der Waals surface area contributed by atoms with Gasteiger partial charge in [-0.15, -0.1) is 23.5 Å². The lowest BCUT2D eigenvalue weighted by Crippen LogP contribution is -2.61. The maximum atomic E-state index is 15.0. The van der Waals surface area contributed by atoms with Crippen LogP contribution in [0.5, 0.6) is 0 Å². The molecule has 652 valence electrons. The van der Waals surface area contributed by atoms with Crippen molar-refractivity contribution in [1.82, 2.24) is 58.1 Å². The van der Waals surface area contributed by atoms with Crippen LogP contribution in [0.1, 0.15) is 164 Å². The van der Waals surface area contributed by atoms with Gasteiger partial charge in [-0.25, -0.2) is 4.79 Å². The fourth-order valence-corrected chi connectivity index (χ4v) is 14.0. The van der Waals surface area contributed by atoms with E-state index < -0.39 is 217 Å². The van der Waals surface area contributed by atoms with Crippen LogP contribution >= 0.6 is 23.5 Å². The minimum absolute atomic E-state index is 0.00828. The second-order valence-corrected chi connectivity index (χ2v) is 31.9. The normalized spacial score (nSPS) is 15.3. The zero-order valence-corrected chi connectivity index (χ0v) is 69.0. The molecule has 13 amide bonds. The number of nitrogens with two attached hydrogens (primary N) is 4. The van der Waals surface area contributed by atoms with Crippen LogP contribution in [0.15, 0.2) is 60.7 Å². The first-order valence-electron chi connectivity index (χ1n) is 39.4. The molecule has 1 aliphatic rings. The second kappa shape index (κ2) is 54.8. The molecule has 3 rings (SSSR count). The molecular weight excluding hydrogens is 1560 g/mol. The summed E-state index contributed by atoms with van der Waals surface area (Å²) in [4.78, 5) is 235. The number of anilines is 2. The van der Waals surface area contributed by atoms with E-state index in [0.717, 1.165) is 28.4 Å². The van der Waals surface area contributed by atoms with Gasteiger partial charge in [-0.1, -0.05) is 77.9 Å². The quantitative estimate of drug-likeness (QED) is 0.0378. The van der Waals surface area contributed by atoms with E-state index in [0.29, 0.717) is 43.5 Å². The van der Waals surface area contributed by atoms with E-state index in [1.807, 2.05) is 13.8 Å². The number of unbranched alkanes of at least 4 members (excludes halogenated alkanes) is 3. The van der Waals surface area contributed by atoms with E-state index in [4.69, 9.17) is 22.9 Å². The van der Waals surface area contributed by atoms with E-state index >= 15 is 4.79 Å². The lowest BCUT2D eigenvalue weighted by Gasteiger charge is -2.31.